The van der Waals surface area contributed by atoms with E-state index in [-0.39, 0.29) is 0 Å². The van der Waals surface area contributed by atoms with Crippen molar-refractivity contribution >= 4 is 87.2 Å². The van der Waals surface area contributed by atoms with Gasteiger partial charge in [-0.25, -0.2) is 0 Å². The zero-order valence-corrected chi connectivity index (χ0v) is 48.1. The van der Waals surface area contributed by atoms with Crippen LogP contribution >= 0.6 is 0 Å². The van der Waals surface area contributed by atoms with Gasteiger partial charge in [0.25, 0.3) is 0 Å². The number of hydrogen-bond donors (Lipinski definition) is 0. The van der Waals surface area contributed by atoms with E-state index in [0.717, 1.165) is 5.69 Å². The fourth-order valence-corrected chi connectivity index (χ4v) is 13.8. The monoisotopic (exact) mass is 1120 g/mol. The maximum absolute atomic E-state index is 2.42. The van der Waals surface area contributed by atoms with Crippen LogP contribution in [0.15, 0.2) is 340 Å². The number of para-hydroxylation sites is 6. The lowest BCUT2D eigenvalue weighted by atomic mass is 9.97. The SMILES string of the molecule is c1ccc(-c2ccc3c(c2)c2ccc(-c4ccc5c(c4)c4ccccc4n5-c4ccccc4)cc2n3-c2ccccc2)cc1.c1ccc(-c2cccc3c2c2ccc(-c4ccc5c(c4)c4ccccc4n5-c4ccccc4)cc2n3-c2ccccc2)cc1. The van der Waals surface area contributed by atoms with Crippen LogP contribution in [0.5, 0.6) is 0 Å². The predicted molar refractivity (Wildman–Crippen MR) is 372 cm³/mol. The molecule has 0 fully saturated rings. The largest absolute Gasteiger partial charge is 0.309 e. The molecule has 412 valence electrons. The number of fused-ring (bicyclic) bond motifs is 12. The van der Waals surface area contributed by atoms with Crippen LogP contribution < -0.4 is 0 Å². The third-order valence-corrected chi connectivity index (χ3v) is 17.8. The second kappa shape index (κ2) is 21.1. The average Bonchev–Trinajstić information content (AvgIpc) is 2.47. The van der Waals surface area contributed by atoms with Crippen LogP contribution in [0.3, 0.4) is 0 Å². The molecule has 0 amide bonds. The maximum Gasteiger partial charge on any atom is 0.0547 e. The molecule has 14 aromatic carbocycles. The summed E-state index contributed by atoms with van der Waals surface area (Å²) in [5.41, 5.74) is 24.2. The van der Waals surface area contributed by atoms with Gasteiger partial charge in [0.15, 0.2) is 0 Å². The molecule has 0 aliphatic heterocycles. The summed E-state index contributed by atoms with van der Waals surface area (Å²) in [6.45, 7) is 0. The van der Waals surface area contributed by atoms with Gasteiger partial charge in [-0.1, -0.05) is 224 Å². The molecule has 0 aliphatic carbocycles. The highest BCUT2D eigenvalue weighted by molar-refractivity contribution is 6.18. The fourth-order valence-electron chi connectivity index (χ4n) is 13.8. The van der Waals surface area contributed by atoms with Gasteiger partial charge in [0.2, 0.25) is 0 Å². The van der Waals surface area contributed by atoms with Crippen LogP contribution in [0.2, 0.25) is 0 Å². The number of hydrogen-bond acceptors (Lipinski definition) is 0. The van der Waals surface area contributed by atoms with Crippen molar-refractivity contribution in [1.29, 1.82) is 0 Å². The Morgan fingerprint density at radius 2 is 0.443 bits per heavy atom. The first-order valence-electron chi connectivity index (χ1n) is 30.2. The van der Waals surface area contributed by atoms with Crippen LogP contribution in [-0.4, -0.2) is 18.3 Å². The molecule has 0 saturated carbocycles. The average molecular weight is 1120 g/mol. The molecule has 0 bridgehead atoms. The van der Waals surface area contributed by atoms with Crippen molar-refractivity contribution < 1.29 is 0 Å². The van der Waals surface area contributed by atoms with E-state index in [1.165, 1.54) is 149 Å². The Hall–Kier alpha value is -11.7. The van der Waals surface area contributed by atoms with Crippen LogP contribution in [0.25, 0.3) is 154 Å². The molecule has 18 rings (SSSR count). The number of aromatic nitrogens is 4. The Morgan fingerprint density at radius 1 is 0.148 bits per heavy atom. The standard InChI is InChI=1S/2C42H28N2/c1-4-13-29(14-5-1)34-20-12-22-40-42(34)36-25-23-31(28-41(36)44(40)33-17-8-3-9-18-33)30-24-26-39-37(27-30)35-19-10-11-21-38(35)43(39)32-15-6-2-7-16-32;1-4-12-29(13-5-1)30-21-24-41-38(26-30)36-23-20-32(28-42(36)44(41)34-16-8-3-9-17-34)31-22-25-40-37(27-31)35-18-10-11-19-39(35)43(40)33-14-6-2-7-15-33/h2*1-28H. The topological polar surface area (TPSA) is 19.7 Å². The summed E-state index contributed by atoms with van der Waals surface area (Å²) >= 11 is 0. The van der Waals surface area contributed by atoms with Gasteiger partial charge in [0.05, 0.1) is 44.1 Å². The summed E-state index contributed by atoms with van der Waals surface area (Å²) in [6, 6.07) is 123. The van der Waals surface area contributed by atoms with E-state index in [4.69, 9.17) is 0 Å². The number of benzene rings is 14. The molecule has 4 heterocycles. The van der Waals surface area contributed by atoms with Gasteiger partial charge < -0.3 is 18.3 Å². The predicted octanol–water partition coefficient (Wildman–Crippen LogP) is 22.4. The van der Waals surface area contributed by atoms with Gasteiger partial charge in [-0.3, -0.25) is 0 Å². The second-order valence-electron chi connectivity index (χ2n) is 22.8. The second-order valence-corrected chi connectivity index (χ2v) is 22.8. The Labute approximate surface area is 509 Å². The molecule has 4 heteroatoms. The molecular formula is C84H56N4. The van der Waals surface area contributed by atoms with Crippen molar-refractivity contribution in [3.05, 3.63) is 340 Å². The summed E-state index contributed by atoms with van der Waals surface area (Å²) in [5.74, 6) is 0. The van der Waals surface area contributed by atoms with Gasteiger partial charge in [-0.15, -0.1) is 0 Å². The molecule has 0 spiro atoms. The zero-order valence-electron chi connectivity index (χ0n) is 48.1. The summed E-state index contributed by atoms with van der Waals surface area (Å²) in [6.07, 6.45) is 0. The Kier molecular flexibility index (Phi) is 12.2. The number of rotatable bonds is 8. The van der Waals surface area contributed by atoms with Gasteiger partial charge in [-0.2, -0.15) is 0 Å². The molecule has 4 aromatic heterocycles. The summed E-state index contributed by atoms with van der Waals surface area (Å²) in [4.78, 5) is 0. The van der Waals surface area contributed by atoms with Crippen LogP contribution in [0.1, 0.15) is 0 Å². The first-order chi connectivity index (χ1) is 43.7. The number of nitrogens with zero attached hydrogens (tertiary/aromatic N) is 4. The van der Waals surface area contributed by atoms with Crippen LogP contribution in [0, 0.1) is 0 Å². The van der Waals surface area contributed by atoms with E-state index in [2.05, 4.69) is 358 Å². The van der Waals surface area contributed by atoms with Gasteiger partial charge >= 0.3 is 0 Å². The van der Waals surface area contributed by atoms with Crippen LogP contribution in [0.4, 0.5) is 0 Å². The smallest absolute Gasteiger partial charge is 0.0547 e. The normalized spacial score (nSPS) is 11.6. The third-order valence-electron chi connectivity index (χ3n) is 17.8. The third kappa shape index (κ3) is 8.45. The molecule has 0 N–H and O–H groups in total. The fraction of sp³-hybridized carbons (Fsp3) is 0. The Morgan fingerprint density at radius 3 is 0.898 bits per heavy atom. The Balaban J connectivity index is 0.000000137. The molecule has 0 unspecified atom stereocenters. The highest BCUT2D eigenvalue weighted by atomic mass is 15.0. The van der Waals surface area contributed by atoms with Gasteiger partial charge in [-0.05, 0) is 160 Å². The van der Waals surface area contributed by atoms with E-state index >= 15 is 0 Å². The summed E-state index contributed by atoms with van der Waals surface area (Å²) < 4.78 is 9.56. The minimum absolute atomic E-state index is 1.16. The molecular weight excluding hydrogens is 1060 g/mol. The van der Waals surface area contributed by atoms with E-state index in [0.29, 0.717) is 0 Å². The van der Waals surface area contributed by atoms with Crippen LogP contribution in [-0.2, 0) is 0 Å². The van der Waals surface area contributed by atoms with Crippen molar-refractivity contribution in [1.82, 2.24) is 18.3 Å². The van der Waals surface area contributed by atoms with E-state index < -0.39 is 0 Å². The first-order valence-corrected chi connectivity index (χ1v) is 30.2. The maximum atomic E-state index is 2.42. The van der Waals surface area contributed by atoms with Crippen molar-refractivity contribution in [2.75, 3.05) is 0 Å². The first kappa shape index (κ1) is 50.8. The van der Waals surface area contributed by atoms with Gasteiger partial charge in [0, 0.05) is 65.8 Å². The van der Waals surface area contributed by atoms with Crippen molar-refractivity contribution in [3.63, 3.8) is 0 Å². The summed E-state index contributed by atoms with van der Waals surface area (Å²) in [7, 11) is 0. The van der Waals surface area contributed by atoms with E-state index in [1.807, 2.05) is 0 Å². The lowest BCUT2D eigenvalue weighted by molar-refractivity contribution is 1.18. The molecule has 88 heavy (non-hydrogen) atoms. The lowest BCUT2D eigenvalue weighted by Crippen LogP contribution is -1.93. The molecule has 0 radical (unpaired) electrons. The molecule has 0 saturated heterocycles. The molecule has 4 nitrogen and oxygen atoms in total. The van der Waals surface area contributed by atoms with Crippen molar-refractivity contribution in [2.24, 2.45) is 0 Å². The Bertz CT molecular complexity index is 5640. The molecule has 0 atom stereocenters. The van der Waals surface area contributed by atoms with E-state index in [9.17, 15) is 0 Å². The highest BCUT2D eigenvalue weighted by Crippen LogP contribution is 2.43. The van der Waals surface area contributed by atoms with Crippen molar-refractivity contribution in [2.45, 2.75) is 0 Å². The minimum atomic E-state index is 1.16. The molecule has 0 aliphatic rings. The summed E-state index contributed by atoms with van der Waals surface area (Å²) in [5, 5.41) is 10.1. The quantitative estimate of drug-likeness (QED) is 0.144. The van der Waals surface area contributed by atoms with Crippen molar-refractivity contribution in [3.8, 4) is 67.3 Å². The highest BCUT2D eigenvalue weighted by Gasteiger charge is 2.20. The molecule has 18 aromatic rings. The minimum Gasteiger partial charge on any atom is -0.309 e. The van der Waals surface area contributed by atoms with Gasteiger partial charge in [0.1, 0.15) is 0 Å². The lowest BCUT2D eigenvalue weighted by Gasteiger charge is -2.10. The zero-order chi connectivity index (χ0) is 58.1. The van der Waals surface area contributed by atoms with E-state index in [1.54, 1.807) is 0 Å².